The van der Waals surface area contributed by atoms with Gasteiger partial charge in [-0.2, -0.15) is 0 Å². The SMILES string of the molecule is C=C[Si](C=C)(C=C)O[SiH3]. The van der Waals surface area contributed by atoms with Crippen molar-refractivity contribution in [1.82, 2.24) is 0 Å². The zero-order valence-electron chi connectivity index (χ0n) is 5.76. The van der Waals surface area contributed by atoms with E-state index >= 15 is 0 Å². The Balaban J connectivity index is 4.34. The molecule has 1 nitrogen and oxygen atoms in total. The van der Waals surface area contributed by atoms with Gasteiger partial charge in [-0.3, -0.25) is 0 Å². The molecule has 0 aromatic carbocycles. The van der Waals surface area contributed by atoms with E-state index in [1.807, 2.05) is 17.1 Å². The normalized spacial score (nSPS) is 10.7. The van der Waals surface area contributed by atoms with Crippen LogP contribution in [0.25, 0.3) is 0 Å². The van der Waals surface area contributed by atoms with Gasteiger partial charge in [0, 0.05) is 0 Å². The van der Waals surface area contributed by atoms with E-state index in [4.69, 9.17) is 4.12 Å². The third-order valence-electron chi connectivity index (χ3n) is 1.31. The van der Waals surface area contributed by atoms with Crippen molar-refractivity contribution in [3.63, 3.8) is 0 Å². The third kappa shape index (κ3) is 1.78. The highest BCUT2D eigenvalue weighted by Crippen LogP contribution is 2.05. The largest absolute Gasteiger partial charge is 0.455 e. The lowest BCUT2D eigenvalue weighted by Gasteiger charge is -2.16. The number of rotatable bonds is 4. The summed E-state index contributed by atoms with van der Waals surface area (Å²) in [6.45, 7) is 11.0. The molecule has 0 radical (unpaired) electrons. The zero-order valence-corrected chi connectivity index (χ0v) is 8.76. The Bertz CT molecular complexity index is 109. The van der Waals surface area contributed by atoms with Crippen molar-refractivity contribution in [3.8, 4) is 0 Å². The molecule has 0 aromatic rings. The molecule has 0 N–H and O–H groups in total. The maximum absolute atomic E-state index is 5.31. The van der Waals surface area contributed by atoms with Crippen LogP contribution in [0.5, 0.6) is 0 Å². The standard InChI is InChI=1S/C6H12OSi2/c1-4-9(5-2,6-3)7-8/h4-6H,1-3H2,8H3. The van der Waals surface area contributed by atoms with Crippen LogP contribution in [-0.4, -0.2) is 18.8 Å². The second-order valence-corrected chi connectivity index (χ2v) is 6.23. The highest BCUT2D eigenvalue weighted by molar-refractivity contribution is 6.89. The Morgan fingerprint density at radius 1 is 1.11 bits per heavy atom. The number of hydrogen-bond donors (Lipinski definition) is 0. The maximum Gasteiger partial charge on any atom is 0.253 e. The van der Waals surface area contributed by atoms with E-state index in [0.717, 1.165) is 10.5 Å². The Labute approximate surface area is 60.4 Å². The summed E-state index contributed by atoms with van der Waals surface area (Å²) in [5, 5.41) is 0. The molecular formula is C6H12OSi2. The van der Waals surface area contributed by atoms with Crippen LogP contribution in [0.3, 0.4) is 0 Å². The van der Waals surface area contributed by atoms with Crippen molar-refractivity contribution in [3.05, 3.63) is 36.8 Å². The van der Waals surface area contributed by atoms with Crippen molar-refractivity contribution in [2.75, 3.05) is 0 Å². The summed E-state index contributed by atoms with van der Waals surface area (Å²) >= 11 is 0. The van der Waals surface area contributed by atoms with E-state index in [-0.39, 0.29) is 0 Å². The van der Waals surface area contributed by atoms with Crippen LogP contribution in [0.1, 0.15) is 0 Å². The van der Waals surface area contributed by atoms with Crippen LogP contribution >= 0.6 is 0 Å². The molecule has 50 valence electrons. The summed E-state index contributed by atoms with van der Waals surface area (Å²) in [6, 6.07) is 0. The van der Waals surface area contributed by atoms with Crippen LogP contribution < -0.4 is 0 Å². The van der Waals surface area contributed by atoms with Crippen LogP contribution in [0, 0.1) is 0 Å². The van der Waals surface area contributed by atoms with Crippen LogP contribution in [-0.2, 0) is 4.12 Å². The summed E-state index contributed by atoms with van der Waals surface area (Å²) in [5.74, 6) is 0. The molecule has 0 aliphatic rings. The third-order valence-corrected chi connectivity index (χ3v) is 6.05. The quantitative estimate of drug-likeness (QED) is 0.536. The van der Waals surface area contributed by atoms with E-state index in [9.17, 15) is 0 Å². The summed E-state index contributed by atoms with van der Waals surface area (Å²) in [7, 11) is -1.11. The molecule has 0 amide bonds. The van der Waals surface area contributed by atoms with Gasteiger partial charge in [-0.15, -0.1) is 19.7 Å². The predicted octanol–water partition coefficient (Wildman–Crippen LogP) is 0.404. The van der Waals surface area contributed by atoms with Crippen LogP contribution in [0.15, 0.2) is 36.8 Å². The first kappa shape index (κ1) is 8.61. The predicted molar refractivity (Wildman–Crippen MR) is 47.4 cm³/mol. The molecule has 0 heterocycles. The second-order valence-electron chi connectivity index (χ2n) is 1.67. The second kappa shape index (κ2) is 3.60. The first-order valence-corrected chi connectivity index (χ1v) is 5.66. The summed E-state index contributed by atoms with van der Waals surface area (Å²) < 4.78 is 5.31. The fourth-order valence-corrected chi connectivity index (χ4v) is 3.00. The van der Waals surface area contributed by atoms with Gasteiger partial charge in [0.1, 0.15) is 10.5 Å². The van der Waals surface area contributed by atoms with E-state index in [1.165, 1.54) is 0 Å². The molecule has 0 spiro atoms. The molecule has 0 saturated carbocycles. The molecule has 0 aromatic heterocycles. The summed E-state index contributed by atoms with van der Waals surface area (Å²) in [6.07, 6.45) is 0. The fourth-order valence-electron chi connectivity index (χ4n) is 0.500. The minimum absolute atomic E-state index is 0.723. The van der Waals surface area contributed by atoms with E-state index < -0.39 is 8.32 Å². The molecule has 9 heavy (non-hydrogen) atoms. The van der Waals surface area contributed by atoms with Gasteiger partial charge >= 0.3 is 0 Å². The van der Waals surface area contributed by atoms with Gasteiger partial charge in [0.25, 0.3) is 8.32 Å². The van der Waals surface area contributed by atoms with E-state index in [0.29, 0.717) is 0 Å². The molecule has 0 aliphatic heterocycles. The molecule has 0 fully saturated rings. The smallest absolute Gasteiger partial charge is 0.253 e. The van der Waals surface area contributed by atoms with E-state index in [1.54, 1.807) is 0 Å². The topological polar surface area (TPSA) is 9.23 Å². The van der Waals surface area contributed by atoms with Crippen molar-refractivity contribution in [1.29, 1.82) is 0 Å². The Morgan fingerprint density at radius 3 is 1.44 bits per heavy atom. The first-order valence-electron chi connectivity index (χ1n) is 2.70. The van der Waals surface area contributed by atoms with Gasteiger partial charge in [-0.05, 0) is 0 Å². The average molecular weight is 156 g/mol. The zero-order chi connectivity index (χ0) is 7.33. The monoisotopic (exact) mass is 156 g/mol. The summed E-state index contributed by atoms with van der Waals surface area (Å²) in [4.78, 5) is 0. The molecule has 0 bridgehead atoms. The minimum atomic E-state index is -1.84. The van der Waals surface area contributed by atoms with Crippen molar-refractivity contribution in [2.24, 2.45) is 0 Å². The van der Waals surface area contributed by atoms with Gasteiger partial charge in [-0.25, -0.2) is 0 Å². The number of hydrogen-bond acceptors (Lipinski definition) is 1. The molecule has 0 aliphatic carbocycles. The fraction of sp³-hybridized carbons (Fsp3) is 0. The highest BCUT2D eigenvalue weighted by atomic mass is 28.4. The minimum Gasteiger partial charge on any atom is -0.455 e. The lowest BCUT2D eigenvalue weighted by Crippen LogP contribution is -2.30. The maximum atomic E-state index is 5.31. The average Bonchev–Trinajstić information content (AvgIpc) is 1.95. The van der Waals surface area contributed by atoms with Gasteiger partial charge in [0.15, 0.2) is 0 Å². The lowest BCUT2D eigenvalue weighted by atomic mass is 11.2. The molecular weight excluding hydrogens is 144 g/mol. The Kier molecular flexibility index (Phi) is 3.45. The van der Waals surface area contributed by atoms with Gasteiger partial charge < -0.3 is 4.12 Å². The molecule has 0 unspecified atom stereocenters. The summed E-state index contributed by atoms with van der Waals surface area (Å²) in [5.41, 5.74) is 5.46. The lowest BCUT2D eigenvalue weighted by molar-refractivity contribution is 0.640. The Morgan fingerprint density at radius 2 is 1.44 bits per heavy atom. The first-order chi connectivity index (χ1) is 4.24. The van der Waals surface area contributed by atoms with Crippen LogP contribution in [0.2, 0.25) is 0 Å². The van der Waals surface area contributed by atoms with Crippen molar-refractivity contribution in [2.45, 2.75) is 0 Å². The van der Waals surface area contributed by atoms with Crippen molar-refractivity contribution >= 4 is 18.8 Å². The van der Waals surface area contributed by atoms with Gasteiger partial charge in [0.05, 0.1) is 0 Å². The van der Waals surface area contributed by atoms with Crippen LogP contribution in [0.4, 0.5) is 0 Å². The molecule has 0 saturated heterocycles. The molecule has 0 atom stereocenters. The van der Waals surface area contributed by atoms with E-state index in [2.05, 4.69) is 19.7 Å². The molecule has 3 heteroatoms. The Hall–Kier alpha value is -0.386. The highest BCUT2D eigenvalue weighted by Gasteiger charge is 2.19. The molecule has 0 rings (SSSR count). The van der Waals surface area contributed by atoms with Gasteiger partial charge in [0.2, 0.25) is 0 Å². The van der Waals surface area contributed by atoms with Crippen molar-refractivity contribution < 1.29 is 4.12 Å². The van der Waals surface area contributed by atoms with Gasteiger partial charge in [-0.1, -0.05) is 17.1 Å².